The lowest BCUT2D eigenvalue weighted by atomic mass is 10.1. The molecule has 0 heterocycles. The zero-order valence-electron chi connectivity index (χ0n) is 9.92. The molecule has 1 N–H and O–H groups in total. The van der Waals surface area contributed by atoms with Gasteiger partial charge in [0.2, 0.25) is 5.75 Å². The predicted molar refractivity (Wildman–Crippen MR) is 59.7 cm³/mol. The Bertz CT molecular complexity index is 497. The molecule has 0 aromatic heterocycles. The summed E-state index contributed by atoms with van der Waals surface area (Å²) in [5.41, 5.74) is -1.21. The third kappa shape index (κ3) is 2.12. The van der Waals surface area contributed by atoms with Crippen molar-refractivity contribution < 1.29 is 29.0 Å². The van der Waals surface area contributed by atoms with E-state index in [-0.39, 0.29) is 17.2 Å². The minimum Gasteiger partial charge on any atom is -0.492 e. The molecule has 0 spiro atoms. The quantitative estimate of drug-likeness (QED) is 0.625. The van der Waals surface area contributed by atoms with Crippen molar-refractivity contribution in [2.45, 2.75) is 0 Å². The van der Waals surface area contributed by atoms with Gasteiger partial charge in [-0.1, -0.05) is 0 Å². The Morgan fingerprint density at radius 3 is 2.11 bits per heavy atom. The van der Waals surface area contributed by atoms with Crippen LogP contribution in [0.1, 0.15) is 10.4 Å². The number of carboxylic acids is 1. The molecular formula is C10H11NO7. The van der Waals surface area contributed by atoms with E-state index in [1.807, 2.05) is 0 Å². The van der Waals surface area contributed by atoms with Crippen molar-refractivity contribution in [3.8, 4) is 17.2 Å². The van der Waals surface area contributed by atoms with Gasteiger partial charge in [0.05, 0.1) is 32.3 Å². The van der Waals surface area contributed by atoms with Gasteiger partial charge in [-0.2, -0.15) is 0 Å². The van der Waals surface area contributed by atoms with Crippen LogP contribution < -0.4 is 14.2 Å². The first-order chi connectivity index (χ1) is 8.47. The van der Waals surface area contributed by atoms with E-state index in [0.717, 1.165) is 6.07 Å². The van der Waals surface area contributed by atoms with E-state index in [4.69, 9.17) is 19.3 Å². The second-order valence-electron chi connectivity index (χ2n) is 3.10. The summed E-state index contributed by atoms with van der Waals surface area (Å²) in [6, 6.07) is 0.977. The van der Waals surface area contributed by atoms with Gasteiger partial charge in [-0.25, -0.2) is 4.79 Å². The van der Waals surface area contributed by atoms with Crippen LogP contribution in [0.3, 0.4) is 0 Å². The maximum atomic E-state index is 11.1. The first-order valence-corrected chi connectivity index (χ1v) is 4.68. The van der Waals surface area contributed by atoms with Crippen molar-refractivity contribution in [2.75, 3.05) is 21.3 Å². The molecule has 1 rings (SSSR count). The highest BCUT2D eigenvalue weighted by atomic mass is 16.6. The Morgan fingerprint density at radius 1 is 1.22 bits per heavy atom. The van der Waals surface area contributed by atoms with Crippen LogP contribution in [0.15, 0.2) is 6.07 Å². The lowest BCUT2D eigenvalue weighted by molar-refractivity contribution is -0.385. The molecule has 0 amide bonds. The monoisotopic (exact) mass is 257 g/mol. The third-order valence-corrected chi connectivity index (χ3v) is 2.22. The number of benzene rings is 1. The smallest absolute Gasteiger partial charge is 0.346 e. The Balaban J connectivity index is 3.74. The number of nitrogens with zero attached hydrogens (tertiary/aromatic N) is 1. The first-order valence-electron chi connectivity index (χ1n) is 4.68. The van der Waals surface area contributed by atoms with Crippen LogP contribution in [0, 0.1) is 10.1 Å². The summed E-state index contributed by atoms with van der Waals surface area (Å²) in [7, 11) is 3.74. The van der Waals surface area contributed by atoms with E-state index >= 15 is 0 Å². The summed E-state index contributed by atoms with van der Waals surface area (Å²) in [4.78, 5) is 21.1. The fourth-order valence-electron chi connectivity index (χ4n) is 1.49. The van der Waals surface area contributed by atoms with Crippen LogP contribution in [0.25, 0.3) is 0 Å². The van der Waals surface area contributed by atoms with E-state index < -0.39 is 22.1 Å². The molecule has 1 aromatic rings. The van der Waals surface area contributed by atoms with Gasteiger partial charge in [0.1, 0.15) is 0 Å². The summed E-state index contributed by atoms with van der Waals surface area (Å²) in [6.45, 7) is 0. The minimum atomic E-state index is -1.49. The molecule has 8 nitrogen and oxygen atoms in total. The minimum absolute atomic E-state index is 0.0111. The molecule has 0 saturated heterocycles. The Kier molecular flexibility index (Phi) is 3.93. The Labute approximate surface area is 102 Å². The van der Waals surface area contributed by atoms with Gasteiger partial charge < -0.3 is 19.3 Å². The van der Waals surface area contributed by atoms with E-state index in [1.54, 1.807) is 0 Å². The maximum absolute atomic E-state index is 11.1. The fraction of sp³-hybridized carbons (Fsp3) is 0.300. The second-order valence-corrected chi connectivity index (χ2v) is 3.10. The fourth-order valence-corrected chi connectivity index (χ4v) is 1.49. The van der Waals surface area contributed by atoms with Crippen LogP contribution in [-0.2, 0) is 0 Å². The van der Waals surface area contributed by atoms with Crippen molar-refractivity contribution in [3.05, 3.63) is 21.7 Å². The molecule has 18 heavy (non-hydrogen) atoms. The van der Waals surface area contributed by atoms with Gasteiger partial charge in [-0.3, -0.25) is 10.1 Å². The number of nitro benzene ring substituents is 1. The number of hydrogen-bond donors (Lipinski definition) is 1. The molecule has 0 aliphatic carbocycles. The van der Waals surface area contributed by atoms with Crippen molar-refractivity contribution >= 4 is 11.7 Å². The number of ether oxygens (including phenoxy) is 3. The SMILES string of the molecule is COc1cc([N+](=O)[O-])c(C(=O)O)c(OC)c1OC. The lowest BCUT2D eigenvalue weighted by Crippen LogP contribution is -2.08. The highest BCUT2D eigenvalue weighted by Crippen LogP contribution is 2.44. The summed E-state index contributed by atoms with van der Waals surface area (Å²) in [5.74, 6) is -1.73. The van der Waals surface area contributed by atoms with Gasteiger partial charge in [0.15, 0.2) is 17.1 Å². The van der Waals surface area contributed by atoms with Crippen LogP contribution in [0.4, 0.5) is 5.69 Å². The van der Waals surface area contributed by atoms with E-state index in [1.165, 1.54) is 21.3 Å². The Morgan fingerprint density at radius 2 is 1.78 bits per heavy atom. The van der Waals surface area contributed by atoms with Crippen molar-refractivity contribution in [3.63, 3.8) is 0 Å². The van der Waals surface area contributed by atoms with Crippen LogP contribution in [0.2, 0.25) is 0 Å². The van der Waals surface area contributed by atoms with Crippen molar-refractivity contribution in [1.82, 2.24) is 0 Å². The van der Waals surface area contributed by atoms with Gasteiger partial charge >= 0.3 is 5.97 Å². The predicted octanol–water partition coefficient (Wildman–Crippen LogP) is 1.32. The average molecular weight is 257 g/mol. The molecule has 0 radical (unpaired) electrons. The highest BCUT2D eigenvalue weighted by molar-refractivity contribution is 5.97. The molecule has 0 aliphatic rings. The summed E-state index contributed by atoms with van der Waals surface area (Å²) in [6.07, 6.45) is 0. The van der Waals surface area contributed by atoms with Crippen LogP contribution >= 0.6 is 0 Å². The number of methoxy groups -OCH3 is 3. The highest BCUT2D eigenvalue weighted by Gasteiger charge is 2.31. The van der Waals surface area contributed by atoms with Crippen molar-refractivity contribution in [2.24, 2.45) is 0 Å². The average Bonchev–Trinajstić information content (AvgIpc) is 2.35. The molecule has 8 heteroatoms. The van der Waals surface area contributed by atoms with E-state index in [9.17, 15) is 14.9 Å². The second kappa shape index (κ2) is 5.21. The molecule has 0 atom stereocenters. The standard InChI is InChI=1S/C10H11NO7/c1-16-6-4-5(11(14)15)7(10(12)13)9(18-3)8(6)17-2/h4H,1-3H3,(H,12,13). The van der Waals surface area contributed by atoms with Gasteiger partial charge in [-0.15, -0.1) is 0 Å². The van der Waals surface area contributed by atoms with Gasteiger partial charge in [0.25, 0.3) is 5.69 Å². The Hall–Kier alpha value is -2.51. The summed E-state index contributed by atoms with van der Waals surface area (Å²) < 4.78 is 14.7. The number of carboxylic acid groups (broad SMARTS) is 1. The van der Waals surface area contributed by atoms with Gasteiger partial charge in [0, 0.05) is 0 Å². The zero-order valence-corrected chi connectivity index (χ0v) is 9.92. The zero-order chi connectivity index (χ0) is 13.9. The molecular weight excluding hydrogens is 246 g/mol. The van der Waals surface area contributed by atoms with E-state index in [0.29, 0.717) is 0 Å². The number of aromatic carboxylic acids is 1. The molecule has 0 unspecified atom stereocenters. The topological polar surface area (TPSA) is 108 Å². The molecule has 0 fully saturated rings. The molecule has 0 bridgehead atoms. The normalized spacial score (nSPS) is 9.72. The number of nitro groups is 1. The van der Waals surface area contributed by atoms with Gasteiger partial charge in [-0.05, 0) is 0 Å². The third-order valence-electron chi connectivity index (χ3n) is 2.22. The van der Waals surface area contributed by atoms with Crippen molar-refractivity contribution in [1.29, 1.82) is 0 Å². The maximum Gasteiger partial charge on any atom is 0.346 e. The van der Waals surface area contributed by atoms with E-state index in [2.05, 4.69) is 0 Å². The number of rotatable bonds is 5. The lowest BCUT2D eigenvalue weighted by Gasteiger charge is -2.13. The molecule has 1 aromatic carbocycles. The summed E-state index contributed by atoms with van der Waals surface area (Å²) in [5, 5.41) is 19.9. The van der Waals surface area contributed by atoms with Crippen LogP contribution in [-0.4, -0.2) is 37.3 Å². The molecule has 0 saturated carbocycles. The largest absolute Gasteiger partial charge is 0.492 e. The van der Waals surface area contributed by atoms with Crippen LogP contribution in [0.5, 0.6) is 17.2 Å². The first kappa shape index (κ1) is 13.6. The molecule has 98 valence electrons. The number of hydrogen-bond acceptors (Lipinski definition) is 6. The molecule has 0 aliphatic heterocycles. The summed E-state index contributed by atoms with van der Waals surface area (Å²) >= 11 is 0. The number of carbonyl (C=O) groups is 1.